The number of hydrogen-bond donors (Lipinski definition) is 1. The first-order valence-electron chi connectivity index (χ1n) is 5.78. The van der Waals surface area contributed by atoms with Gasteiger partial charge in [-0.1, -0.05) is 33.1 Å². The van der Waals surface area contributed by atoms with Gasteiger partial charge in [-0.3, -0.25) is 4.21 Å². The standard InChI is InChI=1S/C11H23NOS/c1-3-9(2)8-14(13)11-7-5-4-6-10(11)12/h9-11H,3-8,12H2,1-2H3. The van der Waals surface area contributed by atoms with E-state index in [1.54, 1.807) is 0 Å². The molecule has 0 aromatic carbocycles. The Hall–Kier alpha value is 0.110. The molecular formula is C11H23NOS. The van der Waals surface area contributed by atoms with Gasteiger partial charge in [-0.25, -0.2) is 0 Å². The highest BCUT2D eigenvalue weighted by atomic mass is 32.2. The Labute approximate surface area is 90.1 Å². The molecule has 4 atom stereocenters. The van der Waals surface area contributed by atoms with Gasteiger partial charge in [0.05, 0.1) is 0 Å². The zero-order chi connectivity index (χ0) is 10.6. The summed E-state index contributed by atoms with van der Waals surface area (Å²) >= 11 is 0. The van der Waals surface area contributed by atoms with E-state index in [0.717, 1.165) is 25.0 Å². The third kappa shape index (κ3) is 3.35. The predicted octanol–water partition coefficient (Wildman–Crippen LogP) is 2.05. The highest BCUT2D eigenvalue weighted by Crippen LogP contribution is 2.22. The zero-order valence-electron chi connectivity index (χ0n) is 9.37. The smallest absolute Gasteiger partial charge is 0.0499 e. The molecule has 0 aromatic rings. The van der Waals surface area contributed by atoms with Crippen molar-refractivity contribution in [3.63, 3.8) is 0 Å². The van der Waals surface area contributed by atoms with Crippen molar-refractivity contribution in [2.75, 3.05) is 5.75 Å². The highest BCUT2D eigenvalue weighted by molar-refractivity contribution is 7.85. The normalized spacial score (nSPS) is 32.5. The Morgan fingerprint density at radius 1 is 1.43 bits per heavy atom. The molecule has 3 heteroatoms. The molecule has 0 aliphatic heterocycles. The van der Waals surface area contributed by atoms with Crippen LogP contribution >= 0.6 is 0 Å². The lowest BCUT2D eigenvalue weighted by Crippen LogP contribution is -2.41. The van der Waals surface area contributed by atoms with E-state index in [9.17, 15) is 4.21 Å². The molecule has 0 bridgehead atoms. The van der Waals surface area contributed by atoms with Crippen LogP contribution in [0.3, 0.4) is 0 Å². The van der Waals surface area contributed by atoms with E-state index in [0.29, 0.717) is 5.92 Å². The lowest BCUT2D eigenvalue weighted by atomic mass is 9.96. The van der Waals surface area contributed by atoms with Gasteiger partial charge in [0.25, 0.3) is 0 Å². The summed E-state index contributed by atoms with van der Waals surface area (Å²) in [6, 6.07) is 0.189. The molecule has 0 aromatic heterocycles. The van der Waals surface area contributed by atoms with Crippen LogP contribution in [-0.4, -0.2) is 21.3 Å². The van der Waals surface area contributed by atoms with E-state index in [1.165, 1.54) is 12.8 Å². The summed E-state index contributed by atoms with van der Waals surface area (Å²) in [5, 5.41) is 0.276. The van der Waals surface area contributed by atoms with Crippen LogP contribution in [0.1, 0.15) is 46.0 Å². The molecule has 84 valence electrons. The Balaban J connectivity index is 2.42. The Kier molecular flexibility index (Phi) is 5.10. The van der Waals surface area contributed by atoms with Gasteiger partial charge in [0, 0.05) is 27.8 Å². The van der Waals surface area contributed by atoms with E-state index in [4.69, 9.17) is 5.73 Å². The van der Waals surface area contributed by atoms with Crippen LogP contribution in [0.5, 0.6) is 0 Å². The van der Waals surface area contributed by atoms with Crippen molar-refractivity contribution in [1.29, 1.82) is 0 Å². The average Bonchev–Trinajstić information content (AvgIpc) is 2.18. The predicted molar refractivity (Wildman–Crippen MR) is 62.7 cm³/mol. The fourth-order valence-electron chi connectivity index (χ4n) is 1.97. The minimum atomic E-state index is -0.692. The maximum atomic E-state index is 12.0. The van der Waals surface area contributed by atoms with Gasteiger partial charge in [0.1, 0.15) is 0 Å². The molecule has 1 saturated carbocycles. The van der Waals surface area contributed by atoms with Gasteiger partial charge >= 0.3 is 0 Å². The van der Waals surface area contributed by atoms with Crippen LogP contribution in [-0.2, 0) is 10.8 Å². The lowest BCUT2D eigenvalue weighted by Gasteiger charge is -2.28. The number of rotatable bonds is 4. The summed E-state index contributed by atoms with van der Waals surface area (Å²) in [6.07, 6.45) is 5.69. The molecule has 2 nitrogen and oxygen atoms in total. The molecule has 2 N–H and O–H groups in total. The molecule has 0 amide bonds. The van der Waals surface area contributed by atoms with Crippen LogP contribution in [0, 0.1) is 5.92 Å². The molecule has 0 radical (unpaired) electrons. The van der Waals surface area contributed by atoms with Crippen molar-refractivity contribution >= 4 is 10.8 Å². The monoisotopic (exact) mass is 217 g/mol. The quantitative estimate of drug-likeness (QED) is 0.783. The highest BCUT2D eigenvalue weighted by Gasteiger charge is 2.27. The van der Waals surface area contributed by atoms with Gasteiger partial charge < -0.3 is 5.73 Å². The molecular weight excluding hydrogens is 194 g/mol. The second kappa shape index (κ2) is 5.86. The van der Waals surface area contributed by atoms with Crippen LogP contribution in [0.4, 0.5) is 0 Å². The van der Waals surface area contributed by atoms with E-state index in [2.05, 4.69) is 13.8 Å². The topological polar surface area (TPSA) is 43.1 Å². The maximum Gasteiger partial charge on any atom is 0.0499 e. The Morgan fingerprint density at radius 2 is 2.07 bits per heavy atom. The second-order valence-corrected chi connectivity index (χ2v) is 6.25. The van der Waals surface area contributed by atoms with Gasteiger partial charge in [0.2, 0.25) is 0 Å². The van der Waals surface area contributed by atoms with Crippen molar-refractivity contribution in [3.05, 3.63) is 0 Å². The zero-order valence-corrected chi connectivity index (χ0v) is 10.2. The fourth-order valence-corrected chi connectivity index (χ4v) is 3.97. The molecule has 0 spiro atoms. The maximum absolute atomic E-state index is 12.0. The first-order valence-corrected chi connectivity index (χ1v) is 7.16. The summed E-state index contributed by atoms with van der Waals surface area (Å²) in [4.78, 5) is 0. The van der Waals surface area contributed by atoms with Crippen molar-refractivity contribution in [2.45, 2.75) is 57.2 Å². The van der Waals surface area contributed by atoms with Gasteiger partial charge in [-0.2, -0.15) is 0 Å². The molecule has 14 heavy (non-hydrogen) atoms. The summed E-state index contributed by atoms with van der Waals surface area (Å²) in [7, 11) is -0.692. The lowest BCUT2D eigenvalue weighted by molar-refractivity contribution is 0.443. The summed E-state index contributed by atoms with van der Waals surface area (Å²) in [5.41, 5.74) is 6.00. The molecule has 1 fully saturated rings. The van der Waals surface area contributed by atoms with E-state index >= 15 is 0 Å². The van der Waals surface area contributed by atoms with Crippen molar-refractivity contribution in [2.24, 2.45) is 11.7 Å². The van der Waals surface area contributed by atoms with Gasteiger partial charge in [-0.05, 0) is 18.8 Å². The molecule has 1 aliphatic carbocycles. The summed E-state index contributed by atoms with van der Waals surface area (Å²) in [5.74, 6) is 1.42. The minimum Gasteiger partial charge on any atom is -0.327 e. The SMILES string of the molecule is CCC(C)CS(=O)C1CCCCC1N. The molecule has 1 aliphatic rings. The van der Waals surface area contributed by atoms with Gasteiger partial charge in [0.15, 0.2) is 0 Å². The van der Waals surface area contributed by atoms with Crippen molar-refractivity contribution < 1.29 is 4.21 Å². The third-order valence-corrected chi connectivity index (χ3v) is 5.40. The minimum absolute atomic E-state index is 0.189. The second-order valence-electron chi connectivity index (χ2n) is 4.55. The number of nitrogens with two attached hydrogens (primary N) is 1. The Bertz CT molecular complexity index is 196. The van der Waals surface area contributed by atoms with Crippen molar-refractivity contribution in [3.8, 4) is 0 Å². The van der Waals surface area contributed by atoms with E-state index in [-0.39, 0.29) is 11.3 Å². The summed E-state index contributed by atoms with van der Waals surface area (Å²) in [6.45, 7) is 4.33. The van der Waals surface area contributed by atoms with Crippen molar-refractivity contribution in [1.82, 2.24) is 0 Å². The molecule has 4 unspecified atom stereocenters. The third-order valence-electron chi connectivity index (χ3n) is 3.24. The van der Waals surface area contributed by atoms with Crippen LogP contribution in [0.25, 0.3) is 0 Å². The molecule has 1 rings (SSSR count). The molecule has 0 saturated heterocycles. The first-order chi connectivity index (χ1) is 6.65. The van der Waals surface area contributed by atoms with Crippen LogP contribution in [0.15, 0.2) is 0 Å². The van der Waals surface area contributed by atoms with Crippen LogP contribution < -0.4 is 5.73 Å². The average molecular weight is 217 g/mol. The number of hydrogen-bond acceptors (Lipinski definition) is 2. The Morgan fingerprint density at radius 3 is 2.64 bits per heavy atom. The molecule has 0 heterocycles. The first kappa shape index (κ1) is 12.2. The van der Waals surface area contributed by atoms with E-state index < -0.39 is 10.8 Å². The van der Waals surface area contributed by atoms with Gasteiger partial charge in [-0.15, -0.1) is 0 Å². The summed E-state index contributed by atoms with van der Waals surface area (Å²) < 4.78 is 12.0. The van der Waals surface area contributed by atoms with E-state index in [1.807, 2.05) is 0 Å². The largest absolute Gasteiger partial charge is 0.327 e. The fraction of sp³-hybridized carbons (Fsp3) is 1.00. The van der Waals surface area contributed by atoms with Crippen LogP contribution in [0.2, 0.25) is 0 Å².